The lowest BCUT2D eigenvalue weighted by Crippen LogP contribution is -1.82. The molecule has 1 aliphatic carbocycles. The summed E-state index contributed by atoms with van der Waals surface area (Å²) in [4.78, 5) is 0. The Labute approximate surface area is 174 Å². The van der Waals surface area contributed by atoms with Crippen molar-refractivity contribution >= 4 is 32.7 Å². The summed E-state index contributed by atoms with van der Waals surface area (Å²) in [7, 11) is 0. The van der Waals surface area contributed by atoms with Crippen molar-refractivity contribution in [3.05, 3.63) is 108 Å². The fraction of sp³-hybridized carbons (Fsp3) is 0.0345. The van der Waals surface area contributed by atoms with Gasteiger partial charge in [0.05, 0.1) is 0 Å². The lowest BCUT2D eigenvalue weighted by molar-refractivity contribution is 0.673. The van der Waals surface area contributed by atoms with E-state index in [2.05, 4.69) is 97.1 Å². The third-order valence-corrected chi connectivity index (χ3v) is 6.49. The molecule has 0 amide bonds. The molecule has 30 heavy (non-hydrogen) atoms. The number of rotatable bonds is 1. The Morgan fingerprint density at radius 3 is 2.13 bits per heavy atom. The van der Waals surface area contributed by atoms with Crippen molar-refractivity contribution in [2.75, 3.05) is 0 Å². The molecule has 0 spiro atoms. The maximum Gasteiger partial charge on any atom is 0.143 e. The van der Waals surface area contributed by atoms with Gasteiger partial charge in [-0.1, -0.05) is 91.0 Å². The van der Waals surface area contributed by atoms with E-state index < -0.39 is 0 Å². The van der Waals surface area contributed by atoms with Gasteiger partial charge in [-0.3, -0.25) is 0 Å². The summed E-state index contributed by atoms with van der Waals surface area (Å²) in [6.07, 6.45) is 0.981. The van der Waals surface area contributed by atoms with Gasteiger partial charge in [0.25, 0.3) is 0 Å². The molecule has 1 nitrogen and oxygen atoms in total. The molecule has 1 heterocycles. The average Bonchev–Trinajstić information content (AvgIpc) is 3.37. The van der Waals surface area contributed by atoms with Crippen LogP contribution in [0.15, 0.2) is 101 Å². The van der Waals surface area contributed by atoms with Gasteiger partial charge in [0.2, 0.25) is 0 Å². The molecular weight excluding hydrogens is 364 g/mol. The molecule has 0 atom stereocenters. The highest BCUT2D eigenvalue weighted by atomic mass is 16.3. The summed E-state index contributed by atoms with van der Waals surface area (Å²) in [5.74, 6) is 0. The van der Waals surface area contributed by atoms with Gasteiger partial charge in [-0.2, -0.15) is 0 Å². The molecule has 0 N–H and O–H groups in total. The van der Waals surface area contributed by atoms with Crippen molar-refractivity contribution in [1.82, 2.24) is 0 Å². The molecule has 5 aromatic carbocycles. The number of hydrogen-bond acceptors (Lipinski definition) is 1. The van der Waals surface area contributed by atoms with Gasteiger partial charge in [-0.25, -0.2) is 0 Å². The van der Waals surface area contributed by atoms with Gasteiger partial charge in [0, 0.05) is 21.7 Å². The highest BCUT2D eigenvalue weighted by Gasteiger charge is 2.24. The standard InChI is InChI=1S/C29H18O/c1-2-8-18(9-3-1)25-17-26-24-15-14-20-16-19-10-4-5-11-21(19)27(20)29(24)30-28(26)23-13-7-6-12-22(23)25/h1-15,17H,16H2. The molecule has 0 fully saturated rings. The van der Waals surface area contributed by atoms with Gasteiger partial charge in [0.1, 0.15) is 11.2 Å². The first-order valence-electron chi connectivity index (χ1n) is 10.4. The molecule has 140 valence electrons. The topological polar surface area (TPSA) is 13.1 Å². The van der Waals surface area contributed by atoms with E-state index in [1.807, 2.05) is 0 Å². The van der Waals surface area contributed by atoms with Crippen LogP contribution in [0.2, 0.25) is 0 Å². The fourth-order valence-electron chi connectivity index (χ4n) is 5.13. The van der Waals surface area contributed by atoms with Crippen LogP contribution in [0.25, 0.3) is 55.0 Å². The lowest BCUT2D eigenvalue weighted by atomic mass is 9.95. The number of hydrogen-bond donors (Lipinski definition) is 0. The molecule has 0 saturated heterocycles. The molecule has 7 rings (SSSR count). The molecule has 0 unspecified atom stereocenters. The Balaban J connectivity index is 1.65. The van der Waals surface area contributed by atoms with Gasteiger partial charge >= 0.3 is 0 Å². The summed E-state index contributed by atoms with van der Waals surface area (Å²) in [6, 6.07) is 34.8. The van der Waals surface area contributed by atoms with E-state index in [0.29, 0.717) is 0 Å². The second-order valence-electron chi connectivity index (χ2n) is 8.12. The Kier molecular flexibility index (Phi) is 3.12. The van der Waals surface area contributed by atoms with Gasteiger partial charge in [-0.15, -0.1) is 0 Å². The predicted octanol–water partition coefficient (Wildman–Crippen LogP) is 7.98. The first kappa shape index (κ1) is 16.0. The fourth-order valence-corrected chi connectivity index (χ4v) is 5.13. The predicted molar refractivity (Wildman–Crippen MR) is 125 cm³/mol. The zero-order valence-electron chi connectivity index (χ0n) is 16.4. The van der Waals surface area contributed by atoms with E-state index in [9.17, 15) is 0 Å². The third kappa shape index (κ3) is 2.07. The molecule has 1 heteroatoms. The van der Waals surface area contributed by atoms with Crippen molar-refractivity contribution in [2.24, 2.45) is 0 Å². The molecule has 1 aliphatic rings. The molecule has 1 aromatic heterocycles. The van der Waals surface area contributed by atoms with Gasteiger partial charge in [0.15, 0.2) is 0 Å². The first-order valence-corrected chi connectivity index (χ1v) is 10.4. The SMILES string of the molecule is c1ccc(-c2cc3c4ccc5c(c4oc3c3ccccc23)-c2ccccc2C5)cc1. The van der Waals surface area contributed by atoms with Gasteiger partial charge < -0.3 is 4.42 Å². The minimum absolute atomic E-state index is 0.981. The molecular formula is C29H18O. The average molecular weight is 382 g/mol. The summed E-state index contributed by atoms with van der Waals surface area (Å²) in [6.45, 7) is 0. The van der Waals surface area contributed by atoms with Crippen LogP contribution in [0, 0.1) is 0 Å². The minimum atomic E-state index is 0.981. The minimum Gasteiger partial charge on any atom is -0.455 e. The second-order valence-corrected chi connectivity index (χ2v) is 8.12. The second kappa shape index (κ2) is 5.84. The summed E-state index contributed by atoms with van der Waals surface area (Å²) < 4.78 is 6.66. The lowest BCUT2D eigenvalue weighted by Gasteiger charge is -2.08. The Bertz CT molecular complexity index is 1600. The molecule has 6 aromatic rings. The maximum atomic E-state index is 6.66. The van der Waals surface area contributed by atoms with Crippen LogP contribution >= 0.6 is 0 Å². The Morgan fingerprint density at radius 2 is 1.23 bits per heavy atom. The normalized spacial score (nSPS) is 12.5. The molecule has 0 aliphatic heterocycles. The number of fused-ring (bicyclic) bond motifs is 9. The summed E-state index contributed by atoms with van der Waals surface area (Å²) in [5.41, 5.74) is 9.81. The third-order valence-electron chi connectivity index (χ3n) is 6.49. The summed E-state index contributed by atoms with van der Waals surface area (Å²) in [5, 5.41) is 4.79. The van der Waals surface area contributed by atoms with Crippen molar-refractivity contribution in [1.29, 1.82) is 0 Å². The molecule has 0 bridgehead atoms. The van der Waals surface area contributed by atoms with E-state index in [4.69, 9.17) is 4.42 Å². The maximum absolute atomic E-state index is 6.66. The number of benzene rings is 5. The zero-order chi connectivity index (χ0) is 19.7. The quantitative estimate of drug-likeness (QED) is 0.280. The Hall–Kier alpha value is -3.84. The smallest absolute Gasteiger partial charge is 0.143 e. The van der Waals surface area contributed by atoms with E-state index in [1.54, 1.807) is 0 Å². The van der Waals surface area contributed by atoms with Crippen LogP contribution in [0.1, 0.15) is 11.1 Å². The van der Waals surface area contributed by atoms with Crippen molar-refractivity contribution in [3.8, 4) is 22.3 Å². The monoisotopic (exact) mass is 382 g/mol. The first-order chi connectivity index (χ1) is 14.9. The van der Waals surface area contributed by atoms with Crippen LogP contribution in [-0.2, 0) is 6.42 Å². The van der Waals surface area contributed by atoms with E-state index >= 15 is 0 Å². The Morgan fingerprint density at radius 1 is 0.500 bits per heavy atom. The number of furan rings is 1. The van der Waals surface area contributed by atoms with E-state index in [1.165, 1.54) is 54.9 Å². The summed E-state index contributed by atoms with van der Waals surface area (Å²) >= 11 is 0. The van der Waals surface area contributed by atoms with Crippen LogP contribution in [-0.4, -0.2) is 0 Å². The van der Waals surface area contributed by atoms with Crippen LogP contribution < -0.4 is 0 Å². The largest absolute Gasteiger partial charge is 0.455 e. The van der Waals surface area contributed by atoms with Crippen LogP contribution in [0.3, 0.4) is 0 Å². The van der Waals surface area contributed by atoms with Crippen molar-refractivity contribution in [2.45, 2.75) is 6.42 Å². The molecule has 0 radical (unpaired) electrons. The molecule has 0 saturated carbocycles. The van der Waals surface area contributed by atoms with E-state index in [0.717, 1.165) is 17.6 Å². The van der Waals surface area contributed by atoms with Crippen molar-refractivity contribution in [3.63, 3.8) is 0 Å². The van der Waals surface area contributed by atoms with Crippen molar-refractivity contribution < 1.29 is 4.42 Å². The highest BCUT2D eigenvalue weighted by molar-refractivity contribution is 6.21. The van der Waals surface area contributed by atoms with Crippen LogP contribution in [0.5, 0.6) is 0 Å². The van der Waals surface area contributed by atoms with Gasteiger partial charge in [-0.05, 0) is 45.7 Å². The van der Waals surface area contributed by atoms with E-state index in [-0.39, 0.29) is 0 Å². The highest BCUT2D eigenvalue weighted by Crippen LogP contribution is 2.46. The van der Waals surface area contributed by atoms with Crippen LogP contribution in [0.4, 0.5) is 0 Å². The zero-order valence-corrected chi connectivity index (χ0v) is 16.4.